The first-order valence-electron chi connectivity index (χ1n) is 3.27. The molecule has 0 bridgehead atoms. The number of rotatable bonds is 3. The van der Waals surface area contributed by atoms with Gasteiger partial charge in [-0.2, -0.15) is 0 Å². The van der Waals surface area contributed by atoms with Crippen LogP contribution < -0.4 is 0 Å². The van der Waals surface area contributed by atoms with Crippen LogP contribution in [0.3, 0.4) is 0 Å². The van der Waals surface area contributed by atoms with E-state index >= 15 is 0 Å². The Hall–Kier alpha value is -1.36. The molecule has 0 rings (SSSR count). The van der Waals surface area contributed by atoms with Gasteiger partial charge in [-0.15, -0.1) is 0 Å². The zero-order chi connectivity index (χ0) is 9.56. The van der Waals surface area contributed by atoms with E-state index in [4.69, 9.17) is 5.11 Å². The van der Waals surface area contributed by atoms with Crippen LogP contribution in [-0.2, 0) is 19.4 Å². The van der Waals surface area contributed by atoms with Gasteiger partial charge >= 0.3 is 11.9 Å². The maximum absolute atomic E-state index is 10.7. The van der Waals surface area contributed by atoms with Gasteiger partial charge in [-0.25, -0.2) is 19.4 Å². The smallest absolute Gasteiger partial charge is 0.378 e. The number of aliphatic hydroxyl groups is 1. The van der Waals surface area contributed by atoms with Gasteiger partial charge in [0.25, 0.3) is 0 Å². The van der Waals surface area contributed by atoms with E-state index in [1.807, 2.05) is 0 Å². The molecule has 0 amide bonds. The van der Waals surface area contributed by atoms with Gasteiger partial charge in [-0.3, -0.25) is 0 Å². The molecule has 0 aromatic carbocycles. The molecule has 0 aromatic heterocycles. The molecule has 0 radical (unpaired) electrons. The second-order valence-corrected chi connectivity index (χ2v) is 2.09. The van der Waals surface area contributed by atoms with E-state index in [0.717, 1.165) is 6.08 Å². The predicted molar refractivity (Wildman–Crippen MR) is 38.6 cm³/mol. The first-order chi connectivity index (χ1) is 5.61. The van der Waals surface area contributed by atoms with Crippen molar-refractivity contribution in [1.29, 1.82) is 0 Å². The van der Waals surface area contributed by atoms with E-state index in [-0.39, 0.29) is 6.61 Å². The highest BCUT2D eigenvalue weighted by Gasteiger charge is 2.15. The highest BCUT2D eigenvalue weighted by Crippen LogP contribution is 1.97. The predicted octanol–water partition coefficient (Wildman–Crippen LogP) is -0.198. The van der Waals surface area contributed by atoms with Crippen LogP contribution in [0.1, 0.15) is 6.92 Å². The van der Waals surface area contributed by atoms with Gasteiger partial charge in [0.1, 0.15) is 0 Å². The lowest BCUT2D eigenvalue weighted by molar-refractivity contribution is -0.258. The molecule has 68 valence electrons. The quantitative estimate of drug-likeness (QED) is 0.364. The largest absolute Gasteiger partial charge is 0.395 e. The average Bonchev–Trinajstić information content (AvgIpc) is 2.11. The Labute approximate surface area is 69.5 Å². The Balaban J connectivity index is 3.71. The molecule has 0 saturated carbocycles. The van der Waals surface area contributed by atoms with E-state index in [0.29, 0.717) is 0 Å². The fourth-order valence-corrected chi connectivity index (χ4v) is 0.273. The molecule has 1 N–H and O–H groups in total. The Morgan fingerprint density at radius 2 is 2.17 bits per heavy atom. The molecule has 0 heterocycles. The van der Waals surface area contributed by atoms with Crippen molar-refractivity contribution in [2.24, 2.45) is 5.92 Å². The summed E-state index contributed by atoms with van der Waals surface area (Å²) in [6.45, 7) is 4.17. The van der Waals surface area contributed by atoms with Crippen molar-refractivity contribution in [3.63, 3.8) is 0 Å². The van der Waals surface area contributed by atoms with Gasteiger partial charge < -0.3 is 5.11 Å². The zero-order valence-corrected chi connectivity index (χ0v) is 6.65. The van der Waals surface area contributed by atoms with Gasteiger partial charge in [0.05, 0.1) is 12.5 Å². The molecule has 12 heavy (non-hydrogen) atoms. The topological polar surface area (TPSA) is 72.8 Å². The van der Waals surface area contributed by atoms with Crippen molar-refractivity contribution < 1.29 is 24.5 Å². The lowest BCUT2D eigenvalue weighted by Gasteiger charge is -2.04. The van der Waals surface area contributed by atoms with E-state index < -0.39 is 17.9 Å². The monoisotopic (exact) mass is 174 g/mol. The molecular weight excluding hydrogens is 164 g/mol. The van der Waals surface area contributed by atoms with E-state index in [1.54, 1.807) is 0 Å². The third-order valence-electron chi connectivity index (χ3n) is 1.05. The van der Waals surface area contributed by atoms with Crippen LogP contribution in [0.4, 0.5) is 0 Å². The Morgan fingerprint density at radius 1 is 1.58 bits per heavy atom. The standard InChI is InChI=1S/C7H10O5/c1-3-6(9)11-12-7(10)5(2)4-8/h3,5,8H,1,4H2,2H3. The van der Waals surface area contributed by atoms with Crippen LogP contribution in [0.5, 0.6) is 0 Å². The van der Waals surface area contributed by atoms with Crippen LogP contribution in [-0.4, -0.2) is 23.7 Å². The average molecular weight is 174 g/mol. The molecule has 1 atom stereocenters. The molecule has 0 fully saturated rings. The van der Waals surface area contributed by atoms with Crippen molar-refractivity contribution >= 4 is 11.9 Å². The lowest BCUT2D eigenvalue weighted by atomic mass is 10.2. The molecule has 0 saturated heterocycles. The fourth-order valence-electron chi connectivity index (χ4n) is 0.273. The van der Waals surface area contributed by atoms with Gasteiger partial charge in [0.2, 0.25) is 0 Å². The van der Waals surface area contributed by atoms with Crippen molar-refractivity contribution in [3.05, 3.63) is 12.7 Å². The molecule has 0 spiro atoms. The van der Waals surface area contributed by atoms with E-state index in [2.05, 4.69) is 16.4 Å². The third kappa shape index (κ3) is 3.72. The number of hydrogen-bond acceptors (Lipinski definition) is 5. The van der Waals surface area contributed by atoms with Crippen LogP contribution >= 0.6 is 0 Å². The lowest BCUT2D eigenvalue weighted by Crippen LogP contribution is -2.19. The van der Waals surface area contributed by atoms with Crippen molar-refractivity contribution in [2.45, 2.75) is 6.92 Å². The van der Waals surface area contributed by atoms with Crippen LogP contribution in [0.25, 0.3) is 0 Å². The Bertz CT molecular complexity index is 186. The van der Waals surface area contributed by atoms with Crippen molar-refractivity contribution in [1.82, 2.24) is 0 Å². The maximum Gasteiger partial charge on any atom is 0.378 e. The van der Waals surface area contributed by atoms with E-state index in [9.17, 15) is 9.59 Å². The summed E-state index contributed by atoms with van der Waals surface area (Å²) in [5.74, 6) is -2.36. The fraction of sp³-hybridized carbons (Fsp3) is 0.429. The first kappa shape index (κ1) is 10.6. The minimum atomic E-state index is -0.853. The van der Waals surface area contributed by atoms with Crippen molar-refractivity contribution in [3.8, 4) is 0 Å². The summed E-state index contributed by atoms with van der Waals surface area (Å²) < 4.78 is 0. The number of carbonyl (C=O) groups is 2. The number of hydrogen-bond donors (Lipinski definition) is 1. The minimum absolute atomic E-state index is 0.357. The molecule has 0 aliphatic carbocycles. The first-order valence-corrected chi connectivity index (χ1v) is 3.27. The summed E-state index contributed by atoms with van der Waals surface area (Å²) in [5, 5.41) is 8.47. The molecule has 5 nitrogen and oxygen atoms in total. The third-order valence-corrected chi connectivity index (χ3v) is 1.05. The summed E-state index contributed by atoms with van der Waals surface area (Å²) in [7, 11) is 0. The Morgan fingerprint density at radius 3 is 2.58 bits per heavy atom. The summed E-state index contributed by atoms with van der Waals surface area (Å²) >= 11 is 0. The number of aliphatic hydroxyl groups excluding tert-OH is 1. The van der Waals surface area contributed by atoms with Gasteiger partial charge in [0.15, 0.2) is 0 Å². The zero-order valence-electron chi connectivity index (χ0n) is 6.65. The van der Waals surface area contributed by atoms with Crippen LogP contribution in [0, 0.1) is 5.92 Å². The van der Waals surface area contributed by atoms with Gasteiger partial charge in [-0.05, 0) is 6.92 Å². The molecule has 0 aliphatic heterocycles. The SMILES string of the molecule is C=CC(=O)OOC(=O)C(C)CO. The normalized spacial score (nSPS) is 11.5. The van der Waals surface area contributed by atoms with Crippen LogP contribution in [0.15, 0.2) is 12.7 Å². The number of carbonyl (C=O) groups excluding carboxylic acids is 2. The highest BCUT2D eigenvalue weighted by molar-refractivity contribution is 5.81. The molecule has 5 heteroatoms. The molecule has 0 aromatic rings. The summed E-state index contributed by atoms with van der Waals surface area (Å²) in [4.78, 5) is 29.0. The minimum Gasteiger partial charge on any atom is -0.395 e. The summed E-state index contributed by atoms with van der Waals surface area (Å²) in [5.41, 5.74) is 0. The molecule has 1 unspecified atom stereocenters. The Kier molecular flexibility index (Phi) is 4.71. The maximum atomic E-state index is 10.7. The van der Waals surface area contributed by atoms with Crippen molar-refractivity contribution in [2.75, 3.05) is 6.61 Å². The summed E-state index contributed by atoms with van der Waals surface area (Å²) in [6, 6.07) is 0. The molecular formula is C7H10O5. The molecule has 0 aliphatic rings. The van der Waals surface area contributed by atoms with E-state index in [1.165, 1.54) is 6.92 Å². The second kappa shape index (κ2) is 5.31. The summed E-state index contributed by atoms with van der Waals surface area (Å²) in [6.07, 6.45) is 0.858. The van der Waals surface area contributed by atoms with Gasteiger partial charge in [-0.1, -0.05) is 6.58 Å². The van der Waals surface area contributed by atoms with Crippen LogP contribution in [0.2, 0.25) is 0 Å². The second-order valence-electron chi connectivity index (χ2n) is 2.09. The van der Waals surface area contributed by atoms with Gasteiger partial charge in [0, 0.05) is 6.08 Å². The highest BCUT2D eigenvalue weighted by atomic mass is 17.2.